The molecule has 188 valence electrons. The molecule has 1 aliphatic carbocycles. The van der Waals surface area contributed by atoms with Crippen molar-refractivity contribution in [1.29, 1.82) is 0 Å². The molecule has 36 heavy (non-hydrogen) atoms. The van der Waals surface area contributed by atoms with Gasteiger partial charge in [-0.3, -0.25) is 14.6 Å². The van der Waals surface area contributed by atoms with Crippen LogP contribution in [0, 0.1) is 5.92 Å². The molecule has 0 spiro atoms. The maximum Gasteiger partial charge on any atom is 0.274 e. The molecular formula is C27H31N5O3S. The summed E-state index contributed by atoms with van der Waals surface area (Å²) in [6.07, 6.45) is 12.3. The van der Waals surface area contributed by atoms with Gasteiger partial charge < -0.3 is 15.0 Å². The summed E-state index contributed by atoms with van der Waals surface area (Å²) >= 11 is 1.40. The fraction of sp³-hybridized carbons (Fsp3) is 0.444. The van der Waals surface area contributed by atoms with Crippen LogP contribution in [0.1, 0.15) is 66.9 Å². The molecule has 2 amide bonds. The summed E-state index contributed by atoms with van der Waals surface area (Å²) in [6, 6.07) is 6.40. The summed E-state index contributed by atoms with van der Waals surface area (Å²) in [5, 5.41) is 5.49. The van der Waals surface area contributed by atoms with E-state index in [1.807, 2.05) is 11.4 Å². The van der Waals surface area contributed by atoms with E-state index in [1.54, 1.807) is 12.0 Å². The predicted molar refractivity (Wildman–Crippen MR) is 139 cm³/mol. The van der Waals surface area contributed by atoms with Gasteiger partial charge in [0, 0.05) is 36.4 Å². The summed E-state index contributed by atoms with van der Waals surface area (Å²) in [6.45, 7) is 0.967. The summed E-state index contributed by atoms with van der Waals surface area (Å²) < 4.78 is 5.63. The molecule has 8 nitrogen and oxygen atoms in total. The number of benzene rings is 1. The molecule has 0 bridgehead atoms. The highest BCUT2D eigenvalue weighted by atomic mass is 32.1. The average Bonchev–Trinajstić information content (AvgIpc) is 3.41. The molecule has 1 aliphatic heterocycles. The van der Waals surface area contributed by atoms with E-state index in [1.165, 1.54) is 67.6 Å². The second-order valence-electron chi connectivity index (χ2n) is 9.50. The van der Waals surface area contributed by atoms with Gasteiger partial charge in [-0.1, -0.05) is 25.3 Å². The van der Waals surface area contributed by atoms with Crippen molar-refractivity contribution in [2.45, 2.75) is 50.9 Å². The van der Waals surface area contributed by atoms with Crippen LogP contribution in [0.3, 0.4) is 0 Å². The maximum atomic E-state index is 13.1. The number of piperidine rings is 1. The maximum absolute atomic E-state index is 13.1. The molecule has 0 unspecified atom stereocenters. The number of ether oxygens (including phenoxy) is 1. The first kappa shape index (κ1) is 24.4. The molecule has 5 rings (SSSR count). The Bertz CT molecular complexity index is 1210. The Labute approximate surface area is 215 Å². The van der Waals surface area contributed by atoms with Crippen molar-refractivity contribution < 1.29 is 14.3 Å². The van der Waals surface area contributed by atoms with Gasteiger partial charge in [-0.05, 0) is 49.3 Å². The van der Waals surface area contributed by atoms with Crippen LogP contribution >= 0.6 is 11.3 Å². The normalized spacial score (nSPS) is 18.6. The Kier molecular flexibility index (Phi) is 7.55. The molecule has 0 radical (unpaired) electrons. The molecule has 1 N–H and O–H groups in total. The zero-order chi connectivity index (χ0) is 24.9. The number of methoxy groups -OCH3 is 1. The lowest BCUT2D eigenvalue weighted by molar-refractivity contribution is -0.121. The fourth-order valence-electron chi connectivity index (χ4n) is 5.23. The Morgan fingerprint density at radius 3 is 2.75 bits per heavy atom. The fourth-order valence-corrected chi connectivity index (χ4v) is 5.94. The molecule has 2 aliphatic rings. The van der Waals surface area contributed by atoms with Crippen LogP contribution in [-0.4, -0.2) is 51.9 Å². The second kappa shape index (κ2) is 11.2. The van der Waals surface area contributed by atoms with E-state index in [9.17, 15) is 9.59 Å². The number of nitrogens with zero attached hydrogens (tertiary/aromatic N) is 4. The molecule has 2 aromatic heterocycles. The molecule has 3 aromatic rings. The van der Waals surface area contributed by atoms with Crippen molar-refractivity contribution in [3.63, 3.8) is 0 Å². The highest BCUT2D eigenvalue weighted by molar-refractivity contribution is 7.14. The molecule has 9 heteroatoms. The lowest BCUT2D eigenvalue weighted by atomic mass is 9.83. The van der Waals surface area contributed by atoms with E-state index < -0.39 is 0 Å². The SMILES string of the molecule is COc1ccc(C2CCCCC2)cc1-c1csc(NC(=O)[C@@H]2CCCN(C(=O)c3cnccn3)C2)n1. The second-order valence-corrected chi connectivity index (χ2v) is 10.4. The first-order valence-electron chi connectivity index (χ1n) is 12.6. The van der Waals surface area contributed by atoms with Gasteiger partial charge in [0.2, 0.25) is 5.91 Å². The topological polar surface area (TPSA) is 97.3 Å². The number of hydrogen-bond acceptors (Lipinski definition) is 7. The third kappa shape index (κ3) is 5.41. The predicted octanol–water partition coefficient (Wildman–Crippen LogP) is 5.15. The van der Waals surface area contributed by atoms with E-state index in [0.717, 1.165) is 29.8 Å². The molecule has 2 fully saturated rings. The first-order valence-corrected chi connectivity index (χ1v) is 13.5. The number of amides is 2. The van der Waals surface area contributed by atoms with Gasteiger partial charge in [-0.25, -0.2) is 9.97 Å². The smallest absolute Gasteiger partial charge is 0.274 e. The zero-order valence-electron chi connectivity index (χ0n) is 20.5. The van der Waals surface area contributed by atoms with E-state index in [2.05, 4.69) is 27.4 Å². The van der Waals surface area contributed by atoms with Gasteiger partial charge in [0.05, 0.1) is 24.9 Å². The van der Waals surface area contributed by atoms with E-state index >= 15 is 0 Å². The Balaban J connectivity index is 1.27. The number of likely N-dealkylation sites (tertiary alicyclic amines) is 1. The number of hydrogen-bond donors (Lipinski definition) is 1. The number of carbonyl (C=O) groups is 2. The number of anilines is 1. The number of carbonyl (C=O) groups excluding carboxylic acids is 2. The minimum absolute atomic E-state index is 0.115. The van der Waals surface area contributed by atoms with Gasteiger partial charge >= 0.3 is 0 Å². The first-order chi connectivity index (χ1) is 17.6. The van der Waals surface area contributed by atoms with Crippen molar-refractivity contribution >= 4 is 28.3 Å². The Hall–Kier alpha value is -3.33. The number of aromatic nitrogens is 3. The zero-order valence-corrected chi connectivity index (χ0v) is 21.3. The van der Waals surface area contributed by atoms with Gasteiger partial charge in [-0.15, -0.1) is 11.3 Å². The minimum atomic E-state index is -0.295. The van der Waals surface area contributed by atoms with Crippen molar-refractivity contribution in [2.75, 3.05) is 25.5 Å². The van der Waals surface area contributed by atoms with Gasteiger partial charge in [0.15, 0.2) is 5.13 Å². The van der Waals surface area contributed by atoms with Crippen LogP contribution in [0.15, 0.2) is 42.2 Å². The third-order valence-electron chi connectivity index (χ3n) is 7.17. The highest BCUT2D eigenvalue weighted by Crippen LogP contribution is 2.38. The van der Waals surface area contributed by atoms with Crippen molar-refractivity contribution in [1.82, 2.24) is 19.9 Å². The quantitative estimate of drug-likeness (QED) is 0.498. The van der Waals surface area contributed by atoms with Gasteiger partial charge in [0.1, 0.15) is 11.4 Å². The van der Waals surface area contributed by atoms with Crippen LogP contribution in [0.2, 0.25) is 0 Å². The van der Waals surface area contributed by atoms with E-state index in [4.69, 9.17) is 9.72 Å². The molecule has 3 heterocycles. The third-order valence-corrected chi connectivity index (χ3v) is 7.93. The van der Waals surface area contributed by atoms with Gasteiger partial charge in [0.25, 0.3) is 5.91 Å². The van der Waals surface area contributed by atoms with Crippen LogP contribution in [0.5, 0.6) is 5.75 Å². The van der Waals surface area contributed by atoms with Crippen molar-refractivity contribution in [2.24, 2.45) is 5.92 Å². The standard InChI is InChI=1S/C27H31N5O3S/c1-35-24-10-9-19(18-6-3-2-4-7-18)14-21(24)23-17-36-27(30-23)31-25(33)20-8-5-13-32(16-20)26(34)22-15-28-11-12-29-22/h9-12,14-15,17-18,20H,2-8,13,16H2,1H3,(H,30,31,33)/t20-/m1/s1. The van der Waals surface area contributed by atoms with Crippen LogP contribution < -0.4 is 10.1 Å². The van der Waals surface area contributed by atoms with Crippen molar-refractivity contribution in [3.05, 3.63) is 53.4 Å². The molecule has 1 saturated carbocycles. The molecule has 1 saturated heterocycles. The van der Waals surface area contributed by atoms with Crippen LogP contribution in [-0.2, 0) is 4.79 Å². The molecular weight excluding hydrogens is 474 g/mol. The monoisotopic (exact) mass is 505 g/mol. The summed E-state index contributed by atoms with van der Waals surface area (Å²) in [7, 11) is 1.67. The Morgan fingerprint density at radius 2 is 1.97 bits per heavy atom. The van der Waals surface area contributed by atoms with Crippen LogP contribution in [0.25, 0.3) is 11.3 Å². The molecule has 1 atom stereocenters. The van der Waals surface area contributed by atoms with Gasteiger partial charge in [-0.2, -0.15) is 0 Å². The number of nitrogens with one attached hydrogen (secondary N) is 1. The Morgan fingerprint density at radius 1 is 1.11 bits per heavy atom. The highest BCUT2D eigenvalue weighted by Gasteiger charge is 2.30. The summed E-state index contributed by atoms with van der Waals surface area (Å²) in [5.41, 5.74) is 3.38. The van der Waals surface area contributed by atoms with Crippen LogP contribution in [0.4, 0.5) is 5.13 Å². The largest absolute Gasteiger partial charge is 0.496 e. The van der Waals surface area contributed by atoms with E-state index in [0.29, 0.717) is 29.8 Å². The van der Waals surface area contributed by atoms with Crippen molar-refractivity contribution in [3.8, 4) is 17.0 Å². The minimum Gasteiger partial charge on any atom is -0.496 e. The molecule has 1 aromatic carbocycles. The van der Waals surface area contributed by atoms with E-state index in [-0.39, 0.29) is 17.7 Å². The lowest BCUT2D eigenvalue weighted by Crippen LogP contribution is -2.44. The summed E-state index contributed by atoms with van der Waals surface area (Å²) in [4.78, 5) is 40.3. The average molecular weight is 506 g/mol. The lowest BCUT2D eigenvalue weighted by Gasteiger charge is -2.31. The number of thiazole rings is 1. The summed E-state index contributed by atoms with van der Waals surface area (Å²) in [5.74, 6) is 0.761. The number of rotatable bonds is 6.